The minimum absolute atomic E-state index is 0.976. The van der Waals surface area contributed by atoms with Gasteiger partial charge in [0.05, 0.1) is 5.70 Å². The van der Waals surface area contributed by atoms with Gasteiger partial charge in [-0.05, 0) is 30.4 Å². The van der Waals surface area contributed by atoms with Gasteiger partial charge in [-0.3, -0.25) is 4.99 Å². The first kappa shape index (κ1) is 11.2. The zero-order valence-corrected chi connectivity index (χ0v) is 11.2. The van der Waals surface area contributed by atoms with Gasteiger partial charge >= 0.3 is 0 Å². The van der Waals surface area contributed by atoms with E-state index in [4.69, 9.17) is 0 Å². The number of rotatable bonds is 2. The molecule has 0 spiro atoms. The van der Waals surface area contributed by atoms with E-state index in [-0.39, 0.29) is 0 Å². The summed E-state index contributed by atoms with van der Waals surface area (Å²) < 4.78 is 1.07. The number of halogens is 1. The van der Waals surface area contributed by atoms with Crippen LogP contribution in [0.3, 0.4) is 0 Å². The van der Waals surface area contributed by atoms with E-state index in [2.05, 4.69) is 38.0 Å². The van der Waals surface area contributed by atoms with E-state index < -0.39 is 0 Å². The van der Waals surface area contributed by atoms with Crippen molar-refractivity contribution in [2.24, 2.45) is 4.99 Å². The van der Waals surface area contributed by atoms with Gasteiger partial charge in [-0.15, -0.1) is 0 Å². The topological polar surface area (TPSA) is 28.1 Å². The Labute approximate surface area is 114 Å². The molecule has 18 heavy (non-hydrogen) atoms. The molecule has 0 bridgehead atoms. The fraction of sp³-hybridized carbons (Fsp3) is 0. The van der Waals surface area contributed by atoms with Crippen molar-refractivity contribution in [1.29, 1.82) is 0 Å². The SMILES string of the molecule is Brc1ccccc1/C(=C1\C=CC=N1)c1ccc[nH]1. The number of nitrogens with one attached hydrogen (secondary N) is 1. The summed E-state index contributed by atoms with van der Waals surface area (Å²) in [5.74, 6) is 0. The van der Waals surface area contributed by atoms with Gasteiger partial charge < -0.3 is 4.98 Å². The Morgan fingerprint density at radius 3 is 2.67 bits per heavy atom. The molecule has 0 saturated carbocycles. The third-order valence-corrected chi connectivity index (χ3v) is 3.51. The Kier molecular flexibility index (Phi) is 2.99. The van der Waals surface area contributed by atoms with Crippen LogP contribution >= 0.6 is 15.9 Å². The van der Waals surface area contributed by atoms with Crippen molar-refractivity contribution < 1.29 is 0 Å². The van der Waals surface area contributed by atoms with Gasteiger partial charge in [0, 0.05) is 33.7 Å². The predicted molar refractivity (Wildman–Crippen MR) is 78.6 cm³/mol. The number of hydrogen-bond acceptors (Lipinski definition) is 1. The monoisotopic (exact) mass is 298 g/mol. The lowest BCUT2D eigenvalue weighted by Crippen LogP contribution is -1.92. The summed E-state index contributed by atoms with van der Waals surface area (Å²) in [6, 6.07) is 12.2. The van der Waals surface area contributed by atoms with Crippen LogP contribution in [0.1, 0.15) is 11.3 Å². The summed E-state index contributed by atoms with van der Waals surface area (Å²) in [6.45, 7) is 0. The van der Waals surface area contributed by atoms with Gasteiger partial charge in [-0.1, -0.05) is 34.1 Å². The van der Waals surface area contributed by atoms with Crippen LogP contribution < -0.4 is 0 Å². The average molecular weight is 299 g/mol. The Balaban J connectivity index is 2.25. The van der Waals surface area contributed by atoms with E-state index in [1.807, 2.05) is 48.8 Å². The highest BCUT2D eigenvalue weighted by Gasteiger charge is 2.14. The van der Waals surface area contributed by atoms with E-state index >= 15 is 0 Å². The molecule has 2 nitrogen and oxygen atoms in total. The molecule has 88 valence electrons. The molecule has 1 aliphatic rings. The zero-order chi connectivity index (χ0) is 12.4. The summed E-state index contributed by atoms with van der Waals surface area (Å²) in [5, 5.41) is 0. The molecule has 1 N–H and O–H groups in total. The first-order valence-corrected chi connectivity index (χ1v) is 6.49. The fourth-order valence-electron chi connectivity index (χ4n) is 2.02. The van der Waals surface area contributed by atoms with E-state index in [0.717, 1.165) is 27.0 Å². The lowest BCUT2D eigenvalue weighted by Gasteiger charge is -2.10. The first-order valence-electron chi connectivity index (χ1n) is 5.70. The standard InChI is InChI=1S/C15H11BrN2/c16-12-6-2-1-5-11(12)15(13-7-3-9-17-13)14-8-4-10-18-14/h1-10,17H/b15-14-. The van der Waals surface area contributed by atoms with Crippen LogP contribution in [-0.4, -0.2) is 11.2 Å². The maximum atomic E-state index is 4.41. The van der Waals surface area contributed by atoms with Crippen molar-refractivity contribution in [3.05, 3.63) is 76.2 Å². The highest BCUT2D eigenvalue weighted by atomic mass is 79.9. The van der Waals surface area contributed by atoms with Crippen molar-refractivity contribution in [2.45, 2.75) is 0 Å². The second-order valence-corrected chi connectivity index (χ2v) is 4.82. The lowest BCUT2D eigenvalue weighted by molar-refractivity contribution is 1.31. The van der Waals surface area contributed by atoms with Crippen LogP contribution in [0, 0.1) is 0 Å². The van der Waals surface area contributed by atoms with Gasteiger partial charge in [-0.2, -0.15) is 0 Å². The summed E-state index contributed by atoms with van der Waals surface area (Å²) in [7, 11) is 0. The van der Waals surface area contributed by atoms with Crippen molar-refractivity contribution >= 4 is 27.7 Å². The summed E-state index contributed by atoms with van der Waals surface area (Å²) in [4.78, 5) is 7.67. The number of aromatic nitrogens is 1. The molecule has 2 heterocycles. The van der Waals surface area contributed by atoms with E-state index in [0.29, 0.717) is 0 Å². The first-order chi connectivity index (χ1) is 8.86. The molecule has 1 aliphatic heterocycles. The second kappa shape index (κ2) is 4.78. The normalized spacial score (nSPS) is 16.3. The van der Waals surface area contributed by atoms with Crippen molar-refractivity contribution in [1.82, 2.24) is 4.98 Å². The van der Waals surface area contributed by atoms with E-state index in [1.54, 1.807) is 0 Å². The van der Waals surface area contributed by atoms with Gasteiger partial charge in [0.1, 0.15) is 0 Å². The highest BCUT2D eigenvalue weighted by molar-refractivity contribution is 9.10. The molecule has 3 heteroatoms. The molecule has 0 radical (unpaired) electrons. The van der Waals surface area contributed by atoms with Crippen molar-refractivity contribution in [2.75, 3.05) is 0 Å². The molecule has 0 atom stereocenters. The number of H-pyrrole nitrogens is 1. The minimum atomic E-state index is 0.976. The number of nitrogens with zero attached hydrogens (tertiary/aromatic N) is 1. The largest absolute Gasteiger partial charge is 0.361 e. The van der Waals surface area contributed by atoms with Crippen molar-refractivity contribution in [3.8, 4) is 0 Å². The number of hydrogen-bond donors (Lipinski definition) is 1. The Hall–Kier alpha value is -1.87. The molecular weight excluding hydrogens is 288 g/mol. The number of allylic oxidation sites excluding steroid dienone is 2. The summed E-state index contributed by atoms with van der Waals surface area (Å²) in [6.07, 6.45) is 7.72. The van der Waals surface area contributed by atoms with Gasteiger partial charge in [-0.25, -0.2) is 0 Å². The molecule has 0 fully saturated rings. The van der Waals surface area contributed by atoms with Gasteiger partial charge in [0.2, 0.25) is 0 Å². The zero-order valence-electron chi connectivity index (χ0n) is 9.60. The second-order valence-electron chi connectivity index (χ2n) is 3.96. The maximum absolute atomic E-state index is 4.41. The fourth-order valence-corrected chi connectivity index (χ4v) is 2.50. The average Bonchev–Trinajstić information content (AvgIpc) is 3.05. The quantitative estimate of drug-likeness (QED) is 0.862. The van der Waals surface area contributed by atoms with Crippen molar-refractivity contribution in [3.63, 3.8) is 0 Å². The smallest absolute Gasteiger partial charge is 0.0729 e. The number of aliphatic imine (C=N–C) groups is 1. The van der Waals surface area contributed by atoms with Crippen LogP contribution in [-0.2, 0) is 0 Å². The van der Waals surface area contributed by atoms with E-state index in [1.165, 1.54) is 0 Å². The number of aromatic amines is 1. The predicted octanol–water partition coefficient (Wildman–Crippen LogP) is 4.18. The number of benzene rings is 1. The van der Waals surface area contributed by atoms with Crippen LogP contribution in [0.5, 0.6) is 0 Å². The highest BCUT2D eigenvalue weighted by Crippen LogP contribution is 2.32. The van der Waals surface area contributed by atoms with Crippen LogP contribution in [0.2, 0.25) is 0 Å². The third-order valence-electron chi connectivity index (χ3n) is 2.82. The van der Waals surface area contributed by atoms with Crippen LogP contribution in [0.15, 0.2) is 69.9 Å². The minimum Gasteiger partial charge on any atom is -0.361 e. The molecule has 2 aromatic rings. The maximum Gasteiger partial charge on any atom is 0.0729 e. The third kappa shape index (κ3) is 1.97. The molecule has 0 aliphatic carbocycles. The Morgan fingerprint density at radius 2 is 2.00 bits per heavy atom. The molecule has 1 aromatic carbocycles. The molecular formula is C15H11BrN2. The van der Waals surface area contributed by atoms with Gasteiger partial charge in [0.25, 0.3) is 0 Å². The van der Waals surface area contributed by atoms with Crippen LogP contribution in [0.4, 0.5) is 0 Å². The van der Waals surface area contributed by atoms with Crippen LogP contribution in [0.25, 0.3) is 5.57 Å². The lowest BCUT2D eigenvalue weighted by atomic mass is 10.0. The summed E-state index contributed by atoms with van der Waals surface area (Å²) in [5.41, 5.74) is 4.29. The molecule has 0 saturated heterocycles. The molecule has 0 amide bonds. The van der Waals surface area contributed by atoms with Gasteiger partial charge in [0.15, 0.2) is 0 Å². The van der Waals surface area contributed by atoms with E-state index in [9.17, 15) is 0 Å². The Bertz CT molecular complexity index is 635. The Morgan fingerprint density at radius 1 is 1.11 bits per heavy atom. The summed E-state index contributed by atoms with van der Waals surface area (Å²) >= 11 is 3.61. The molecule has 1 aromatic heterocycles. The molecule has 3 rings (SSSR count). The molecule has 0 unspecified atom stereocenters.